The first-order valence-corrected chi connectivity index (χ1v) is 7.79. The van der Waals surface area contributed by atoms with E-state index in [0.717, 1.165) is 22.3 Å². The van der Waals surface area contributed by atoms with Crippen molar-refractivity contribution in [3.63, 3.8) is 0 Å². The van der Waals surface area contributed by atoms with E-state index in [4.69, 9.17) is 0 Å². The fraction of sp³-hybridized carbons (Fsp3) is 0.222. The molecule has 23 heavy (non-hydrogen) atoms. The highest BCUT2D eigenvalue weighted by molar-refractivity contribution is 5.90. The van der Waals surface area contributed by atoms with Crippen LogP contribution in [-0.4, -0.2) is 21.1 Å². The van der Waals surface area contributed by atoms with Crippen LogP contribution in [0.1, 0.15) is 18.4 Å². The summed E-state index contributed by atoms with van der Waals surface area (Å²) in [6.07, 6.45) is 2.36. The van der Waals surface area contributed by atoms with Gasteiger partial charge >= 0.3 is 0 Å². The number of benzene rings is 2. The molecule has 1 fully saturated rings. The summed E-state index contributed by atoms with van der Waals surface area (Å²) in [6, 6.07) is 13.9. The molecule has 3 N–H and O–H groups in total. The second-order valence-corrected chi connectivity index (χ2v) is 5.98. The van der Waals surface area contributed by atoms with E-state index in [1.807, 2.05) is 43.3 Å². The number of fused-ring (bicyclic) bond motifs is 1. The second kappa shape index (κ2) is 5.43. The molecule has 0 atom stereocenters. The molecule has 3 aromatic rings. The number of hydrogen-bond donors (Lipinski definition) is 3. The van der Waals surface area contributed by atoms with Crippen LogP contribution in [0.2, 0.25) is 0 Å². The van der Waals surface area contributed by atoms with Gasteiger partial charge in [0.1, 0.15) is 11.6 Å². The molecule has 5 nitrogen and oxygen atoms in total. The van der Waals surface area contributed by atoms with Crippen LogP contribution in [0.5, 0.6) is 5.75 Å². The first-order chi connectivity index (χ1) is 11.2. The van der Waals surface area contributed by atoms with Gasteiger partial charge in [-0.25, -0.2) is 4.98 Å². The number of para-hydroxylation sites is 1. The minimum atomic E-state index is 0.184. The molecule has 0 aliphatic heterocycles. The number of aryl methyl sites for hydroxylation is 1. The first-order valence-electron chi connectivity index (χ1n) is 7.79. The van der Waals surface area contributed by atoms with Crippen molar-refractivity contribution in [2.24, 2.45) is 0 Å². The third-order valence-corrected chi connectivity index (χ3v) is 3.92. The van der Waals surface area contributed by atoms with Crippen LogP contribution in [0.25, 0.3) is 10.9 Å². The van der Waals surface area contributed by atoms with E-state index in [1.54, 1.807) is 6.07 Å². The molecule has 116 valence electrons. The predicted octanol–water partition coefficient (Wildman–Crippen LogP) is 3.96. The Hall–Kier alpha value is -2.82. The van der Waals surface area contributed by atoms with Gasteiger partial charge in [0.15, 0.2) is 0 Å². The molecule has 1 aliphatic carbocycles. The molecular formula is C18H18N4O. The quantitative estimate of drug-likeness (QED) is 0.636. The highest BCUT2D eigenvalue weighted by atomic mass is 16.3. The minimum Gasteiger partial charge on any atom is -0.506 e. The van der Waals surface area contributed by atoms with Crippen LogP contribution in [0, 0.1) is 6.92 Å². The Morgan fingerprint density at radius 2 is 1.91 bits per heavy atom. The van der Waals surface area contributed by atoms with Gasteiger partial charge in [0.25, 0.3) is 0 Å². The van der Waals surface area contributed by atoms with Gasteiger partial charge in [-0.3, -0.25) is 0 Å². The Morgan fingerprint density at radius 3 is 2.74 bits per heavy atom. The predicted molar refractivity (Wildman–Crippen MR) is 92.3 cm³/mol. The minimum absolute atomic E-state index is 0.184. The molecule has 0 radical (unpaired) electrons. The molecule has 1 heterocycles. The fourth-order valence-corrected chi connectivity index (χ4v) is 2.53. The summed E-state index contributed by atoms with van der Waals surface area (Å²) in [7, 11) is 0. The van der Waals surface area contributed by atoms with Crippen LogP contribution < -0.4 is 10.6 Å². The van der Waals surface area contributed by atoms with Crippen molar-refractivity contribution >= 4 is 28.4 Å². The highest BCUT2D eigenvalue weighted by Crippen LogP contribution is 2.31. The molecule has 1 saturated carbocycles. The molecule has 5 heteroatoms. The maximum absolute atomic E-state index is 10.0. The number of anilines is 3. The normalized spacial score (nSPS) is 14.0. The topological polar surface area (TPSA) is 70.1 Å². The maximum atomic E-state index is 10.0. The van der Waals surface area contributed by atoms with Gasteiger partial charge in [-0.05, 0) is 49.6 Å². The fourth-order valence-electron chi connectivity index (χ4n) is 2.53. The standard InChI is InChI=1S/C18H18N4O/c1-11-6-9-16(23)15(10-11)21-18-20-14-5-3-2-4-13(14)17(22-18)19-12-7-8-12/h2-6,9-10,12,23H,7-8H2,1H3,(H2,19,20,21,22). The van der Waals surface area contributed by atoms with Gasteiger partial charge in [0, 0.05) is 11.4 Å². The van der Waals surface area contributed by atoms with E-state index >= 15 is 0 Å². The summed E-state index contributed by atoms with van der Waals surface area (Å²) in [5.41, 5.74) is 2.54. The molecule has 0 saturated heterocycles. The van der Waals surface area contributed by atoms with Gasteiger partial charge in [-0.2, -0.15) is 4.98 Å². The molecule has 0 amide bonds. The number of phenols is 1. The van der Waals surface area contributed by atoms with Crippen molar-refractivity contribution in [1.29, 1.82) is 0 Å². The van der Waals surface area contributed by atoms with E-state index in [2.05, 4.69) is 20.6 Å². The van der Waals surface area contributed by atoms with Crippen LogP contribution in [0.15, 0.2) is 42.5 Å². The number of aromatic hydroxyl groups is 1. The maximum Gasteiger partial charge on any atom is 0.229 e. The van der Waals surface area contributed by atoms with E-state index in [-0.39, 0.29) is 5.75 Å². The average Bonchev–Trinajstić information content (AvgIpc) is 3.35. The number of hydrogen-bond acceptors (Lipinski definition) is 5. The number of rotatable bonds is 4. The number of nitrogens with zero attached hydrogens (tertiary/aromatic N) is 2. The largest absolute Gasteiger partial charge is 0.506 e. The number of aromatic nitrogens is 2. The van der Waals surface area contributed by atoms with Crippen molar-refractivity contribution in [2.45, 2.75) is 25.8 Å². The van der Waals surface area contributed by atoms with Gasteiger partial charge < -0.3 is 15.7 Å². The summed E-state index contributed by atoms with van der Waals surface area (Å²) in [5.74, 6) is 1.50. The Morgan fingerprint density at radius 1 is 1.09 bits per heavy atom. The number of nitrogens with one attached hydrogen (secondary N) is 2. The zero-order chi connectivity index (χ0) is 15.8. The molecule has 2 aromatic carbocycles. The molecule has 1 aromatic heterocycles. The lowest BCUT2D eigenvalue weighted by Crippen LogP contribution is -2.07. The molecule has 0 unspecified atom stereocenters. The van der Waals surface area contributed by atoms with E-state index in [9.17, 15) is 5.11 Å². The molecule has 1 aliphatic rings. The lowest BCUT2D eigenvalue weighted by Gasteiger charge is -2.12. The summed E-state index contributed by atoms with van der Waals surface area (Å²) in [4.78, 5) is 9.16. The number of phenolic OH excluding ortho intramolecular Hbond substituents is 1. The zero-order valence-corrected chi connectivity index (χ0v) is 12.9. The lowest BCUT2D eigenvalue weighted by molar-refractivity contribution is 0.477. The average molecular weight is 306 g/mol. The molecule has 0 spiro atoms. The van der Waals surface area contributed by atoms with Crippen molar-refractivity contribution < 1.29 is 5.11 Å². The zero-order valence-electron chi connectivity index (χ0n) is 12.9. The van der Waals surface area contributed by atoms with Crippen LogP contribution in [0.3, 0.4) is 0 Å². The van der Waals surface area contributed by atoms with Crippen LogP contribution in [-0.2, 0) is 0 Å². The Kier molecular flexibility index (Phi) is 3.26. The van der Waals surface area contributed by atoms with Crippen LogP contribution >= 0.6 is 0 Å². The highest BCUT2D eigenvalue weighted by Gasteiger charge is 2.22. The first kappa shape index (κ1) is 13.8. The monoisotopic (exact) mass is 306 g/mol. The van der Waals surface area contributed by atoms with E-state index < -0.39 is 0 Å². The van der Waals surface area contributed by atoms with Gasteiger partial charge in [0.2, 0.25) is 5.95 Å². The Bertz CT molecular complexity index is 874. The van der Waals surface area contributed by atoms with E-state index in [0.29, 0.717) is 17.7 Å². The van der Waals surface area contributed by atoms with Crippen molar-refractivity contribution in [2.75, 3.05) is 10.6 Å². The van der Waals surface area contributed by atoms with Crippen LogP contribution in [0.4, 0.5) is 17.5 Å². The van der Waals surface area contributed by atoms with Crippen molar-refractivity contribution in [3.05, 3.63) is 48.0 Å². The lowest BCUT2D eigenvalue weighted by atomic mass is 10.2. The SMILES string of the molecule is Cc1ccc(O)c(Nc2nc(NC3CC3)c3ccccc3n2)c1. The summed E-state index contributed by atoms with van der Waals surface area (Å²) in [6.45, 7) is 1.98. The summed E-state index contributed by atoms with van der Waals surface area (Å²) >= 11 is 0. The smallest absolute Gasteiger partial charge is 0.229 e. The third-order valence-electron chi connectivity index (χ3n) is 3.92. The summed E-state index contributed by atoms with van der Waals surface area (Å²) in [5, 5.41) is 17.6. The second-order valence-electron chi connectivity index (χ2n) is 5.98. The summed E-state index contributed by atoms with van der Waals surface area (Å²) < 4.78 is 0. The van der Waals surface area contributed by atoms with Crippen molar-refractivity contribution in [3.8, 4) is 5.75 Å². The van der Waals surface area contributed by atoms with Crippen molar-refractivity contribution in [1.82, 2.24) is 9.97 Å². The van der Waals surface area contributed by atoms with Gasteiger partial charge in [0.05, 0.1) is 11.2 Å². The molecule has 4 rings (SSSR count). The Balaban J connectivity index is 1.75. The molecule has 0 bridgehead atoms. The van der Waals surface area contributed by atoms with Gasteiger partial charge in [-0.1, -0.05) is 18.2 Å². The van der Waals surface area contributed by atoms with E-state index in [1.165, 1.54) is 12.8 Å². The molecular weight excluding hydrogens is 288 g/mol. The Labute approximate surface area is 134 Å². The van der Waals surface area contributed by atoms with Gasteiger partial charge in [-0.15, -0.1) is 0 Å². The third kappa shape index (κ3) is 2.90.